The Morgan fingerprint density at radius 3 is 1.81 bits per heavy atom. The van der Waals surface area contributed by atoms with Crippen LogP contribution in [0.1, 0.15) is 21.5 Å². The first-order valence-electron chi connectivity index (χ1n) is 8.13. The van der Waals surface area contributed by atoms with E-state index in [0.29, 0.717) is 22.4 Å². The van der Waals surface area contributed by atoms with Crippen molar-refractivity contribution in [3.63, 3.8) is 0 Å². The van der Waals surface area contributed by atoms with E-state index in [4.69, 9.17) is 32.7 Å². The molecule has 6 heteroatoms. The molecule has 0 aliphatic heterocycles. The molecule has 0 aromatic heterocycles. The number of carbonyl (C=O) groups is 1. The fourth-order valence-electron chi connectivity index (χ4n) is 2.38. The lowest BCUT2D eigenvalue weighted by Gasteiger charge is -2.12. The minimum absolute atomic E-state index is 0.0720. The molecular formula is C21H16Cl2O4. The molecule has 0 spiro atoms. The summed E-state index contributed by atoms with van der Waals surface area (Å²) in [7, 11) is 0. The number of hydrogen-bond donors (Lipinski definition) is 1. The summed E-state index contributed by atoms with van der Waals surface area (Å²) < 4.78 is 11.5. The Kier molecular flexibility index (Phi) is 6.22. The Bertz CT molecular complexity index is 922. The zero-order valence-electron chi connectivity index (χ0n) is 14.2. The van der Waals surface area contributed by atoms with Crippen LogP contribution in [0.25, 0.3) is 0 Å². The van der Waals surface area contributed by atoms with Gasteiger partial charge in [-0.3, -0.25) is 0 Å². The quantitative estimate of drug-likeness (QED) is 0.538. The highest BCUT2D eigenvalue weighted by atomic mass is 35.5. The van der Waals surface area contributed by atoms with Gasteiger partial charge in [-0.15, -0.1) is 0 Å². The SMILES string of the molecule is O=C(O)c1ccc(OCc2ccc(Cl)cc2)cc1OCc1ccc(Cl)cc1. The largest absolute Gasteiger partial charge is 0.489 e. The van der Waals surface area contributed by atoms with E-state index in [1.165, 1.54) is 6.07 Å². The molecule has 3 rings (SSSR count). The van der Waals surface area contributed by atoms with Crippen LogP contribution in [-0.2, 0) is 13.2 Å². The lowest BCUT2D eigenvalue weighted by Crippen LogP contribution is -2.04. The molecule has 0 aliphatic rings. The summed E-state index contributed by atoms with van der Waals surface area (Å²) in [4.78, 5) is 11.4. The van der Waals surface area contributed by atoms with E-state index in [2.05, 4.69) is 0 Å². The average Bonchev–Trinajstić information content (AvgIpc) is 2.67. The topological polar surface area (TPSA) is 55.8 Å². The average molecular weight is 403 g/mol. The van der Waals surface area contributed by atoms with Gasteiger partial charge >= 0.3 is 5.97 Å². The van der Waals surface area contributed by atoms with Crippen molar-refractivity contribution in [2.75, 3.05) is 0 Å². The fourth-order valence-corrected chi connectivity index (χ4v) is 2.63. The maximum atomic E-state index is 11.4. The van der Waals surface area contributed by atoms with Gasteiger partial charge in [0.15, 0.2) is 0 Å². The van der Waals surface area contributed by atoms with Gasteiger partial charge in [-0.25, -0.2) is 4.79 Å². The van der Waals surface area contributed by atoms with Gasteiger partial charge in [-0.05, 0) is 47.5 Å². The van der Waals surface area contributed by atoms with Crippen molar-refractivity contribution >= 4 is 29.2 Å². The van der Waals surface area contributed by atoms with Crippen molar-refractivity contribution in [2.45, 2.75) is 13.2 Å². The molecule has 0 aliphatic carbocycles. The molecule has 0 fully saturated rings. The number of rotatable bonds is 7. The highest BCUT2D eigenvalue weighted by Gasteiger charge is 2.13. The molecule has 1 N–H and O–H groups in total. The van der Waals surface area contributed by atoms with Crippen molar-refractivity contribution in [3.8, 4) is 11.5 Å². The van der Waals surface area contributed by atoms with Crippen LogP contribution in [0, 0.1) is 0 Å². The standard InChI is InChI=1S/C21H16Cl2O4/c22-16-5-1-14(2-6-16)12-26-18-9-10-19(21(24)25)20(11-18)27-13-15-3-7-17(23)8-4-15/h1-11H,12-13H2,(H,24,25). The first-order valence-corrected chi connectivity index (χ1v) is 8.89. The van der Waals surface area contributed by atoms with Crippen molar-refractivity contribution < 1.29 is 19.4 Å². The summed E-state index contributed by atoms with van der Waals surface area (Å²) in [5.74, 6) is -0.308. The van der Waals surface area contributed by atoms with Gasteiger partial charge in [0.05, 0.1) is 0 Å². The third kappa shape index (κ3) is 5.39. The molecule has 3 aromatic rings. The van der Waals surface area contributed by atoms with Gasteiger partial charge in [0.1, 0.15) is 30.3 Å². The Morgan fingerprint density at radius 2 is 1.30 bits per heavy atom. The second kappa shape index (κ2) is 8.80. The lowest BCUT2D eigenvalue weighted by atomic mass is 10.2. The highest BCUT2D eigenvalue weighted by Crippen LogP contribution is 2.27. The number of carboxylic acids is 1. The lowest BCUT2D eigenvalue weighted by molar-refractivity contribution is 0.0691. The molecule has 0 unspecified atom stereocenters. The van der Waals surface area contributed by atoms with Gasteiger partial charge < -0.3 is 14.6 Å². The van der Waals surface area contributed by atoms with E-state index >= 15 is 0 Å². The molecular weight excluding hydrogens is 387 g/mol. The maximum Gasteiger partial charge on any atom is 0.339 e. The molecule has 0 saturated heterocycles. The van der Waals surface area contributed by atoms with E-state index in [1.807, 2.05) is 24.3 Å². The number of ether oxygens (including phenoxy) is 2. The number of aromatic carboxylic acids is 1. The fraction of sp³-hybridized carbons (Fsp3) is 0.0952. The summed E-state index contributed by atoms with van der Waals surface area (Å²) in [5, 5.41) is 10.7. The molecule has 0 amide bonds. The summed E-state index contributed by atoms with van der Waals surface area (Å²) >= 11 is 11.7. The predicted octanol–water partition coefficient (Wildman–Crippen LogP) is 5.85. The van der Waals surface area contributed by atoms with Crippen LogP contribution < -0.4 is 9.47 Å². The van der Waals surface area contributed by atoms with E-state index in [9.17, 15) is 9.90 Å². The van der Waals surface area contributed by atoms with Gasteiger partial charge in [0.25, 0.3) is 0 Å². The monoisotopic (exact) mass is 402 g/mol. The van der Waals surface area contributed by atoms with Crippen LogP contribution in [0.15, 0.2) is 66.7 Å². The number of carboxylic acid groups (broad SMARTS) is 1. The number of halogens is 2. The van der Waals surface area contributed by atoms with E-state index in [0.717, 1.165) is 11.1 Å². The summed E-state index contributed by atoms with van der Waals surface area (Å²) in [6, 6.07) is 19.1. The van der Waals surface area contributed by atoms with Crippen LogP contribution >= 0.6 is 23.2 Å². The van der Waals surface area contributed by atoms with E-state index in [-0.39, 0.29) is 17.9 Å². The highest BCUT2D eigenvalue weighted by molar-refractivity contribution is 6.30. The second-order valence-corrected chi connectivity index (χ2v) is 6.67. The molecule has 0 saturated carbocycles. The zero-order valence-corrected chi connectivity index (χ0v) is 15.7. The number of benzene rings is 3. The second-order valence-electron chi connectivity index (χ2n) is 5.79. The molecule has 0 bridgehead atoms. The molecule has 27 heavy (non-hydrogen) atoms. The summed E-state index contributed by atoms with van der Waals surface area (Å²) in [5.41, 5.74) is 1.90. The van der Waals surface area contributed by atoms with Crippen molar-refractivity contribution in [3.05, 3.63) is 93.5 Å². The summed E-state index contributed by atoms with van der Waals surface area (Å²) in [6.07, 6.45) is 0. The third-order valence-corrected chi connectivity index (χ3v) is 4.31. The third-order valence-electron chi connectivity index (χ3n) is 3.81. The summed E-state index contributed by atoms with van der Waals surface area (Å²) in [6.45, 7) is 0.554. The minimum atomic E-state index is -1.06. The van der Waals surface area contributed by atoms with Crippen molar-refractivity contribution in [1.82, 2.24) is 0 Å². The van der Waals surface area contributed by atoms with Crippen LogP contribution in [-0.4, -0.2) is 11.1 Å². The van der Waals surface area contributed by atoms with E-state index < -0.39 is 5.97 Å². The van der Waals surface area contributed by atoms with E-state index in [1.54, 1.807) is 36.4 Å². The molecule has 4 nitrogen and oxygen atoms in total. The van der Waals surface area contributed by atoms with Crippen LogP contribution in [0.3, 0.4) is 0 Å². The minimum Gasteiger partial charge on any atom is -0.489 e. The van der Waals surface area contributed by atoms with Gasteiger partial charge in [-0.2, -0.15) is 0 Å². The molecule has 0 atom stereocenters. The Balaban J connectivity index is 1.72. The molecule has 3 aromatic carbocycles. The number of hydrogen-bond acceptors (Lipinski definition) is 3. The normalized spacial score (nSPS) is 10.4. The first-order chi connectivity index (χ1) is 13.0. The molecule has 138 valence electrons. The smallest absolute Gasteiger partial charge is 0.339 e. The first kappa shape index (κ1) is 19.1. The molecule has 0 radical (unpaired) electrons. The molecule has 0 heterocycles. The Morgan fingerprint density at radius 1 is 0.778 bits per heavy atom. The van der Waals surface area contributed by atoms with Crippen molar-refractivity contribution in [1.29, 1.82) is 0 Å². The van der Waals surface area contributed by atoms with Crippen molar-refractivity contribution in [2.24, 2.45) is 0 Å². The van der Waals surface area contributed by atoms with Gasteiger partial charge in [-0.1, -0.05) is 47.5 Å². The van der Waals surface area contributed by atoms with Crippen LogP contribution in [0.5, 0.6) is 11.5 Å². The van der Waals surface area contributed by atoms with Gasteiger partial charge in [0.2, 0.25) is 0 Å². The predicted molar refractivity (Wildman–Crippen MR) is 105 cm³/mol. The Hall–Kier alpha value is -2.69. The van der Waals surface area contributed by atoms with Crippen LogP contribution in [0.4, 0.5) is 0 Å². The Labute approximate surface area is 166 Å². The van der Waals surface area contributed by atoms with Crippen LogP contribution in [0.2, 0.25) is 10.0 Å². The zero-order chi connectivity index (χ0) is 19.2. The maximum absolute atomic E-state index is 11.4. The van der Waals surface area contributed by atoms with Gasteiger partial charge in [0, 0.05) is 16.1 Å².